The van der Waals surface area contributed by atoms with Crippen molar-refractivity contribution >= 4 is 23.7 Å². The molecular formula is C7H6BNO. The average molecular weight is 131 g/mol. The van der Waals surface area contributed by atoms with Crippen LogP contribution in [-0.2, 0) is 0 Å². The Balaban J connectivity index is 2.93. The zero-order chi connectivity index (χ0) is 6.97. The second-order valence-electron chi connectivity index (χ2n) is 2.19. The molecule has 1 aromatic carbocycles. The summed E-state index contributed by atoms with van der Waals surface area (Å²) in [6, 6.07) is 7.69. The number of nitrogens with two attached hydrogens (primary N) is 1. The predicted molar refractivity (Wildman–Crippen MR) is 42.0 cm³/mol. The Hall–Kier alpha value is -1.25. The third kappa shape index (κ3) is 0.636. The molecule has 0 spiro atoms. The molecule has 0 radical (unpaired) electrons. The van der Waals surface area contributed by atoms with Crippen molar-refractivity contribution in [3.63, 3.8) is 0 Å². The Morgan fingerprint density at radius 3 is 2.90 bits per heavy atom. The van der Waals surface area contributed by atoms with Crippen LogP contribution in [0.2, 0.25) is 0 Å². The molecule has 2 nitrogen and oxygen atoms in total. The van der Waals surface area contributed by atoms with Crippen molar-refractivity contribution in [3.8, 4) is 0 Å². The minimum atomic E-state index is 0.704. The van der Waals surface area contributed by atoms with E-state index in [2.05, 4.69) is 0 Å². The summed E-state index contributed by atoms with van der Waals surface area (Å²) in [6.45, 7) is 0. The first-order valence-corrected chi connectivity index (χ1v) is 3.09. The van der Waals surface area contributed by atoms with Gasteiger partial charge >= 0.3 is 58.0 Å². The summed E-state index contributed by atoms with van der Waals surface area (Å²) in [6.07, 6.45) is 0. The molecule has 0 aliphatic rings. The molecule has 0 saturated heterocycles. The van der Waals surface area contributed by atoms with Gasteiger partial charge in [-0.25, -0.2) is 0 Å². The van der Waals surface area contributed by atoms with E-state index in [1.807, 2.05) is 24.3 Å². The number of hydrogen-bond donors (Lipinski definition) is 1. The second-order valence-corrected chi connectivity index (χ2v) is 2.19. The average Bonchev–Trinajstić information content (AvgIpc) is 2.34. The zero-order valence-electron chi connectivity index (χ0n) is 5.37. The van der Waals surface area contributed by atoms with E-state index in [9.17, 15) is 0 Å². The van der Waals surface area contributed by atoms with Crippen LogP contribution in [0.15, 0.2) is 28.6 Å². The van der Waals surface area contributed by atoms with Gasteiger partial charge in [0.15, 0.2) is 0 Å². The topological polar surface area (TPSA) is 39.2 Å². The monoisotopic (exact) mass is 131 g/mol. The van der Waals surface area contributed by atoms with Gasteiger partial charge in [-0.3, -0.25) is 0 Å². The van der Waals surface area contributed by atoms with E-state index in [4.69, 9.17) is 10.1 Å². The van der Waals surface area contributed by atoms with Crippen LogP contribution in [-0.4, -0.2) is 7.13 Å². The van der Waals surface area contributed by atoms with Crippen molar-refractivity contribution in [3.05, 3.63) is 24.3 Å². The van der Waals surface area contributed by atoms with Gasteiger partial charge in [-0.05, 0) is 0 Å². The molecule has 2 aromatic rings. The Labute approximate surface area is 58.9 Å². The van der Waals surface area contributed by atoms with Gasteiger partial charge in [-0.1, -0.05) is 0 Å². The Morgan fingerprint density at radius 1 is 1.30 bits per heavy atom. The molecule has 3 heteroatoms. The first kappa shape index (κ1) is 5.53. The third-order valence-electron chi connectivity index (χ3n) is 1.51. The van der Waals surface area contributed by atoms with E-state index in [0.717, 1.165) is 11.0 Å². The van der Waals surface area contributed by atoms with Gasteiger partial charge in [0.25, 0.3) is 0 Å². The molecule has 1 aromatic heterocycles. The van der Waals surface area contributed by atoms with E-state index >= 15 is 0 Å². The van der Waals surface area contributed by atoms with Gasteiger partial charge in [0, 0.05) is 0 Å². The molecule has 0 amide bonds. The number of anilines is 1. The summed E-state index contributed by atoms with van der Waals surface area (Å²) in [4.78, 5) is 0. The molecule has 0 bridgehead atoms. The summed E-state index contributed by atoms with van der Waals surface area (Å²) in [5.41, 5.74) is 7.13. The van der Waals surface area contributed by atoms with Gasteiger partial charge in [-0.2, -0.15) is 0 Å². The van der Waals surface area contributed by atoms with Crippen LogP contribution < -0.4 is 5.73 Å². The van der Waals surface area contributed by atoms with Crippen LogP contribution in [0.5, 0.6) is 0 Å². The molecule has 2 N–H and O–H groups in total. The van der Waals surface area contributed by atoms with Gasteiger partial charge < -0.3 is 0 Å². The molecule has 10 heavy (non-hydrogen) atoms. The first-order valence-electron chi connectivity index (χ1n) is 3.09. The molecule has 0 aliphatic carbocycles. The molecule has 1 heterocycles. The van der Waals surface area contributed by atoms with Gasteiger partial charge in [-0.15, -0.1) is 0 Å². The fraction of sp³-hybridized carbons (Fsp3) is 0. The van der Waals surface area contributed by atoms with Crippen molar-refractivity contribution in [2.24, 2.45) is 0 Å². The summed E-state index contributed by atoms with van der Waals surface area (Å²) < 4.78 is 5.12. The number of nitrogen functional groups attached to an aromatic ring is 1. The minimum absolute atomic E-state index is 0.704. The van der Waals surface area contributed by atoms with Crippen LogP contribution in [0.25, 0.3) is 11.0 Å². The molecule has 48 valence electrons. The number of rotatable bonds is 0. The van der Waals surface area contributed by atoms with Crippen molar-refractivity contribution in [1.82, 2.24) is 0 Å². The van der Waals surface area contributed by atoms with E-state index in [0.29, 0.717) is 5.58 Å². The summed E-state index contributed by atoms with van der Waals surface area (Å²) in [5.74, 6) is 0. The Morgan fingerprint density at radius 2 is 2.10 bits per heavy atom. The number of para-hydroxylation sites is 1. The number of hydrogen-bond acceptors (Lipinski definition) is 2. The third-order valence-corrected chi connectivity index (χ3v) is 1.51. The summed E-state index contributed by atoms with van der Waals surface area (Å²) >= 11 is 0. The number of fused-ring (bicyclic) bond motifs is 1. The van der Waals surface area contributed by atoms with Gasteiger partial charge in [0.05, 0.1) is 0 Å². The molecule has 0 saturated carbocycles. The fourth-order valence-corrected chi connectivity index (χ4v) is 0.998. The van der Waals surface area contributed by atoms with Crippen LogP contribution in [0, 0.1) is 0 Å². The van der Waals surface area contributed by atoms with Gasteiger partial charge in [0.1, 0.15) is 0 Å². The quantitative estimate of drug-likeness (QED) is 0.585. The second kappa shape index (κ2) is 1.87. The van der Waals surface area contributed by atoms with Crippen LogP contribution in [0.3, 0.4) is 0 Å². The van der Waals surface area contributed by atoms with Crippen molar-refractivity contribution in [2.75, 3.05) is 5.73 Å². The zero-order valence-corrected chi connectivity index (χ0v) is 5.37. The van der Waals surface area contributed by atoms with Crippen molar-refractivity contribution < 1.29 is 4.33 Å². The normalized spacial score (nSPS) is 10.0. The van der Waals surface area contributed by atoms with E-state index in [1.165, 1.54) is 0 Å². The fourth-order valence-electron chi connectivity index (χ4n) is 0.998. The Bertz CT molecular complexity index is 355. The molecule has 0 unspecified atom stereocenters. The summed E-state index contributed by atoms with van der Waals surface area (Å²) in [5, 5.41) is 0.988. The first-order chi connectivity index (χ1) is 4.88. The van der Waals surface area contributed by atoms with E-state index in [1.54, 1.807) is 7.13 Å². The molecule has 0 atom stereocenters. The molecule has 2 rings (SSSR count). The maximum atomic E-state index is 5.58. The maximum absolute atomic E-state index is 5.58. The van der Waals surface area contributed by atoms with Crippen molar-refractivity contribution in [1.29, 1.82) is 0 Å². The predicted octanol–water partition coefficient (Wildman–Crippen LogP) is 1.35. The van der Waals surface area contributed by atoms with E-state index in [-0.39, 0.29) is 0 Å². The molecular weight excluding hydrogens is 125 g/mol. The van der Waals surface area contributed by atoms with E-state index < -0.39 is 0 Å². The number of benzene rings is 1. The standard InChI is InChI=1S/C7H6BNO/c9-7-5-3-1-2-4-6(5)10-8-7/h1-4H,9H2. The SMILES string of the molecule is Nc1boc2ccccc12. The molecule has 0 aliphatic heterocycles. The molecule has 0 fully saturated rings. The van der Waals surface area contributed by atoms with Gasteiger partial charge in [0.2, 0.25) is 0 Å². The van der Waals surface area contributed by atoms with Crippen LogP contribution >= 0.6 is 0 Å². The van der Waals surface area contributed by atoms with Crippen LogP contribution in [0.1, 0.15) is 0 Å². The van der Waals surface area contributed by atoms with Crippen molar-refractivity contribution in [2.45, 2.75) is 0 Å². The summed E-state index contributed by atoms with van der Waals surface area (Å²) in [7, 11) is 1.56. The Kier molecular flexibility index (Phi) is 1.03. The van der Waals surface area contributed by atoms with Crippen LogP contribution in [0.4, 0.5) is 5.58 Å².